The minimum Gasteiger partial charge on any atom is -0.494 e. The molecule has 26 heavy (non-hydrogen) atoms. The molecule has 0 saturated carbocycles. The van der Waals surface area contributed by atoms with Gasteiger partial charge in [0.15, 0.2) is 0 Å². The fourth-order valence-corrected chi connectivity index (χ4v) is 2.86. The number of urea groups is 1. The molecule has 6 nitrogen and oxygen atoms in total. The molecule has 1 aliphatic heterocycles. The average Bonchev–Trinajstić information content (AvgIpc) is 2.66. The van der Waals surface area contributed by atoms with Crippen LogP contribution in [0.2, 0.25) is 0 Å². The van der Waals surface area contributed by atoms with Crippen LogP contribution in [0.25, 0.3) is 0 Å². The summed E-state index contributed by atoms with van der Waals surface area (Å²) in [6.07, 6.45) is 4.56. The Morgan fingerprint density at radius 1 is 1.12 bits per heavy atom. The summed E-state index contributed by atoms with van der Waals surface area (Å²) in [4.78, 5) is 24.5. The summed E-state index contributed by atoms with van der Waals surface area (Å²) in [5.41, 5.74) is 1.91. The van der Waals surface area contributed by atoms with Gasteiger partial charge in [-0.3, -0.25) is 0 Å². The topological polar surface area (TPSA) is 76.7 Å². The largest absolute Gasteiger partial charge is 0.494 e. The smallest absolute Gasteiger partial charge is 0.337 e. The summed E-state index contributed by atoms with van der Waals surface area (Å²) in [6, 6.07) is 6.62. The summed E-state index contributed by atoms with van der Waals surface area (Å²) < 4.78 is 10.6. The van der Waals surface area contributed by atoms with E-state index >= 15 is 0 Å². The molecule has 0 aliphatic carbocycles. The number of amides is 2. The lowest BCUT2D eigenvalue weighted by atomic mass is 9.93. The summed E-state index contributed by atoms with van der Waals surface area (Å²) in [7, 11) is 1.35. The standard InChI is InChI=1S/C20H28N2O4/c1-4-6-8-16-17(19(23)25-3)18(22-20(24)21-16)14-9-11-15(12-10-14)26-13-7-5-2/h9-12,18H,4-8,13H2,1-3H3,(H2,21,22,24). The van der Waals surface area contributed by atoms with E-state index in [9.17, 15) is 9.59 Å². The fourth-order valence-electron chi connectivity index (χ4n) is 2.86. The molecule has 1 aliphatic rings. The van der Waals surface area contributed by atoms with Crippen LogP contribution in [-0.4, -0.2) is 25.7 Å². The molecule has 0 fully saturated rings. The van der Waals surface area contributed by atoms with Crippen LogP contribution in [0.1, 0.15) is 57.6 Å². The molecule has 2 N–H and O–H groups in total. The minimum atomic E-state index is -0.534. The highest BCUT2D eigenvalue weighted by Crippen LogP contribution is 2.30. The Morgan fingerprint density at radius 2 is 1.81 bits per heavy atom. The van der Waals surface area contributed by atoms with Gasteiger partial charge in [-0.1, -0.05) is 38.8 Å². The molecule has 1 aromatic carbocycles. The predicted octanol–water partition coefficient (Wildman–Crippen LogP) is 3.84. The van der Waals surface area contributed by atoms with E-state index in [1.54, 1.807) is 0 Å². The van der Waals surface area contributed by atoms with Crippen molar-refractivity contribution in [3.63, 3.8) is 0 Å². The molecule has 0 spiro atoms. The van der Waals surface area contributed by atoms with Gasteiger partial charge in [0.1, 0.15) is 5.75 Å². The highest BCUT2D eigenvalue weighted by Gasteiger charge is 2.33. The van der Waals surface area contributed by atoms with Gasteiger partial charge in [-0.25, -0.2) is 9.59 Å². The number of esters is 1. The van der Waals surface area contributed by atoms with E-state index in [4.69, 9.17) is 9.47 Å². The van der Waals surface area contributed by atoms with Gasteiger partial charge < -0.3 is 20.1 Å². The first kappa shape index (κ1) is 19.8. The molecular formula is C20H28N2O4. The number of hydrogen-bond donors (Lipinski definition) is 2. The number of methoxy groups -OCH3 is 1. The van der Waals surface area contributed by atoms with E-state index in [2.05, 4.69) is 24.5 Å². The number of allylic oxidation sites excluding steroid dienone is 1. The third kappa shape index (κ3) is 5.00. The zero-order chi connectivity index (χ0) is 18.9. The SMILES string of the molecule is CCCCOc1ccc(C2NC(=O)NC(CCCC)=C2C(=O)OC)cc1. The lowest BCUT2D eigenvalue weighted by Gasteiger charge is -2.29. The Bertz CT molecular complexity index is 652. The van der Waals surface area contributed by atoms with E-state index in [0.29, 0.717) is 24.3 Å². The molecule has 6 heteroatoms. The molecule has 1 heterocycles. The maximum atomic E-state index is 12.4. The van der Waals surface area contributed by atoms with E-state index in [1.165, 1.54) is 7.11 Å². The van der Waals surface area contributed by atoms with Gasteiger partial charge in [-0.15, -0.1) is 0 Å². The number of rotatable bonds is 9. The number of carbonyl (C=O) groups excluding carboxylic acids is 2. The first-order valence-electron chi connectivity index (χ1n) is 9.22. The lowest BCUT2D eigenvalue weighted by molar-refractivity contribution is -0.136. The van der Waals surface area contributed by atoms with Crippen molar-refractivity contribution in [1.29, 1.82) is 0 Å². The Labute approximate surface area is 154 Å². The molecule has 0 bridgehead atoms. The van der Waals surface area contributed by atoms with Gasteiger partial charge in [-0.2, -0.15) is 0 Å². The van der Waals surface area contributed by atoms with Gasteiger partial charge >= 0.3 is 12.0 Å². The summed E-state index contributed by atoms with van der Waals surface area (Å²) in [6.45, 7) is 4.85. The lowest BCUT2D eigenvalue weighted by Crippen LogP contribution is -2.45. The van der Waals surface area contributed by atoms with Crippen LogP contribution in [-0.2, 0) is 9.53 Å². The Hall–Kier alpha value is -2.50. The van der Waals surface area contributed by atoms with Crippen molar-refractivity contribution < 1.29 is 19.1 Å². The molecule has 0 saturated heterocycles. The molecule has 1 atom stereocenters. The number of carbonyl (C=O) groups is 2. The molecule has 2 rings (SSSR count). The van der Waals surface area contributed by atoms with Gasteiger partial charge in [-0.05, 0) is 37.0 Å². The number of nitrogens with one attached hydrogen (secondary N) is 2. The van der Waals surface area contributed by atoms with Crippen LogP contribution in [0.15, 0.2) is 35.5 Å². The highest BCUT2D eigenvalue weighted by atomic mass is 16.5. The second-order valence-electron chi connectivity index (χ2n) is 6.29. The second-order valence-corrected chi connectivity index (χ2v) is 6.29. The van der Waals surface area contributed by atoms with Crippen molar-refractivity contribution in [2.75, 3.05) is 13.7 Å². The van der Waals surface area contributed by atoms with Crippen LogP contribution in [0.3, 0.4) is 0 Å². The fraction of sp³-hybridized carbons (Fsp3) is 0.500. The molecule has 2 amide bonds. The van der Waals surface area contributed by atoms with Crippen molar-refractivity contribution in [2.45, 2.75) is 52.0 Å². The Morgan fingerprint density at radius 3 is 2.42 bits per heavy atom. The highest BCUT2D eigenvalue weighted by molar-refractivity contribution is 5.95. The zero-order valence-corrected chi connectivity index (χ0v) is 15.8. The van der Waals surface area contributed by atoms with Gasteiger partial charge in [0.25, 0.3) is 0 Å². The average molecular weight is 360 g/mol. The number of benzene rings is 1. The van der Waals surface area contributed by atoms with E-state index in [0.717, 1.165) is 37.0 Å². The first-order valence-corrected chi connectivity index (χ1v) is 9.22. The first-order chi connectivity index (χ1) is 12.6. The Balaban J connectivity index is 2.28. The summed E-state index contributed by atoms with van der Waals surface area (Å²) >= 11 is 0. The van der Waals surface area contributed by atoms with Crippen LogP contribution >= 0.6 is 0 Å². The van der Waals surface area contributed by atoms with Crippen LogP contribution in [0.5, 0.6) is 5.75 Å². The van der Waals surface area contributed by atoms with E-state index in [1.807, 2.05) is 24.3 Å². The van der Waals surface area contributed by atoms with E-state index in [-0.39, 0.29) is 6.03 Å². The molecule has 1 unspecified atom stereocenters. The third-order valence-corrected chi connectivity index (χ3v) is 4.32. The molecule has 1 aromatic rings. The van der Waals surface area contributed by atoms with Crippen molar-refractivity contribution in [1.82, 2.24) is 10.6 Å². The zero-order valence-electron chi connectivity index (χ0n) is 15.8. The maximum absolute atomic E-state index is 12.4. The van der Waals surface area contributed by atoms with Crippen LogP contribution in [0, 0.1) is 0 Å². The Kier molecular flexibility index (Phi) is 7.51. The predicted molar refractivity (Wildman–Crippen MR) is 99.8 cm³/mol. The molecule has 0 aromatic heterocycles. The quantitative estimate of drug-likeness (QED) is 0.518. The summed E-state index contributed by atoms with van der Waals surface area (Å²) in [5, 5.41) is 5.59. The second kappa shape index (κ2) is 9.85. The van der Waals surface area contributed by atoms with Gasteiger partial charge in [0, 0.05) is 5.70 Å². The van der Waals surface area contributed by atoms with E-state index < -0.39 is 12.0 Å². The van der Waals surface area contributed by atoms with Gasteiger partial charge in [0.2, 0.25) is 0 Å². The number of unbranched alkanes of at least 4 members (excludes halogenated alkanes) is 2. The van der Waals surface area contributed by atoms with Crippen molar-refractivity contribution in [3.8, 4) is 5.75 Å². The van der Waals surface area contributed by atoms with Crippen molar-refractivity contribution >= 4 is 12.0 Å². The number of hydrogen-bond acceptors (Lipinski definition) is 4. The summed E-state index contributed by atoms with van der Waals surface area (Å²) in [5.74, 6) is 0.342. The molecule has 142 valence electrons. The van der Waals surface area contributed by atoms with Crippen molar-refractivity contribution in [3.05, 3.63) is 41.1 Å². The third-order valence-electron chi connectivity index (χ3n) is 4.32. The van der Waals surface area contributed by atoms with Crippen LogP contribution in [0.4, 0.5) is 4.79 Å². The maximum Gasteiger partial charge on any atom is 0.337 e. The normalized spacial score (nSPS) is 16.7. The minimum absolute atomic E-state index is 0.308. The molecule has 0 radical (unpaired) electrons. The van der Waals surface area contributed by atoms with Crippen molar-refractivity contribution in [2.24, 2.45) is 0 Å². The number of ether oxygens (including phenoxy) is 2. The molecular weight excluding hydrogens is 332 g/mol. The monoisotopic (exact) mass is 360 g/mol. The van der Waals surface area contributed by atoms with Gasteiger partial charge in [0.05, 0.1) is 25.3 Å². The van der Waals surface area contributed by atoms with Crippen LogP contribution < -0.4 is 15.4 Å².